The number of benzene rings is 1. The Morgan fingerprint density at radius 2 is 2.00 bits per heavy atom. The summed E-state index contributed by atoms with van der Waals surface area (Å²) in [5, 5.41) is 11.8. The Bertz CT molecular complexity index is 564. The van der Waals surface area contributed by atoms with Crippen LogP contribution in [0.5, 0.6) is 0 Å². The number of aliphatic hydroxyl groups is 1. The summed E-state index contributed by atoms with van der Waals surface area (Å²) in [6.45, 7) is 3.67. The van der Waals surface area contributed by atoms with Gasteiger partial charge in [-0.1, -0.05) is 12.1 Å². The average molecular weight is 260 g/mol. The molecule has 0 unspecified atom stereocenters. The maximum atomic E-state index is 12.0. The monoisotopic (exact) mass is 260 g/mol. The molecule has 0 aliphatic carbocycles. The number of carbonyl (C=O) groups excluding carboxylic acids is 2. The van der Waals surface area contributed by atoms with Crippen molar-refractivity contribution < 1.29 is 14.7 Å². The molecule has 0 fully saturated rings. The second-order valence-electron chi connectivity index (χ2n) is 4.52. The Kier molecular flexibility index (Phi) is 3.66. The van der Waals surface area contributed by atoms with E-state index >= 15 is 0 Å². The van der Waals surface area contributed by atoms with Gasteiger partial charge in [-0.3, -0.25) is 14.5 Å². The van der Waals surface area contributed by atoms with E-state index in [0.717, 1.165) is 21.7 Å². The van der Waals surface area contributed by atoms with Gasteiger partial charge in [0, 0.05) is 11.8 Å². The van der Waals surface area contributed by atoms with Crippen molar-refractivity contribution in [3.63, 3.8) is 0 Å². The molecule has 1 aromatic rings. The van der Waals surface area contributed by atoms with Crippen LogP contribution >= 0.6 is 0 Å². The molecule has 1 heterocycles. The molecule has 0 saturated heterocycles. The molecule has 100 valence electrons. The lowest BCUT2D eigenvalue weighted by Crippen LogP contribution is -2.34. The third kappa shape index (κ3) is 2.66. The fraction of sp³-hybridized carbons (Fsp3) is 0.286. The Morgan fingerprint density at radius 1 is 1.26 bits per heavy atom. The summed E-state index contributed by atoms with van der Waals surface area (Å²) in [6.07, 6.45) is 1.26. The van der Waals surface area contributed by atoms with Crippen LogP contribution < -0.4 is 5.32 Å². The first-order valence-electron chi connectivity index (χ1n) is 6.05. The molecule has 5 heteroatoms. The molecule has 2 amide bonds. The number of nitrogens with zero attached hydrogens (tertiary/aromatic N) is 1. The van der Waals surface area contributed by atoms with Crippen LogP contribution in [-0.2, 0) is 9.59 Å². The van der Waals surface area contributed by atoms with Crippen molar-refractivity contribution in [3.8, 4) is 0 Å². The van der Waals surface area contributed by atoms with Crippen LogP contribution in [0.4, 0.5) is 5.69 Å². The molecule has 0 aromatic heterocycles. The number of nitrogens with one attached hydrogen (secondary N) is 1. The van der Waals surface area contributed by atoms with Gasteiger partial charge in [0.05, 0.1) is 13.2 Å². The Balaban J connectivity index is 2.20. The third-order valence-electron chi connectivity index (χ3n) is 3.00. The van der Waals surface area contributed by atoms with Gasteiger partial charge in [0.2, 0.25) is 0 Å². The largest absolute Gasteiger partial charge is 0.395 e. The van der Waals surface area contributed by atoms with Crippen molar-refractivity contribution in [1.29, 1.82) is 0 Å². The molecule has 0 bridgehead atoms. The van der Waals surface area contributed by atoms with Crippen molar-refractivity contribution in [3.05, 3.63) is 41.1 Å². The molecule has 0 radical (unpaired) electrons. The van der Waals surface area contributed by atoms with E-state index in [1.54, 1.807) is 0 Å². The van der Waals surface area contributed by atoms with E-state index < -0.39 is 11.8 Å². The van der Waals surface area contributed by atoms with Gasteiger partial charge in [0.25, 0.3) is 11.8 Å². The van der Waals surface area contributed by atoms with Crippen LogP contribution in [0.25, 0.3) is 0 Å². The molecule has 0 saturated carbocycles. The van der Waals surface area contributed by atoms with Gasteiger partial charge in [0.15, 0.2) is 0 Å². The minimum absolute atomic E-state index is 0.0200. The number of amides is 2. The zero-order chi connectivity index (χ0) is 14.0. The van der Waals surface area contributed by atoms with Crippen molar-refractivity contribution in [2.45, 2.75) is 13.8 Å². The number of hydrogen-bond acceptors (Lipinski definition) is 4. The number of rotatable bonds is 4. The quantitative estimate of drug-likeness (QED) is 0.791. The SMILES string of the molecule is Cc1ccc(C)c(NC2=CC(=O)N(CCO)C2=O)c1. The van der Waals surface area contributed by atoms with Crippen molar-refractivity contribution in [2.24, 2.45) is 0 Å². The van der Waals surface area contributed by atoms with Gasteiger partial charge in [-0.25, -0.2) is 0 Å². The lowest BCUT2D eigenvalue weighted by molar-refractivity contribution is -0.137. The van der Waals surface area contributed by atoms with Crippen molar-refractivity contribution >= 4 is 17.5 Å². The first-order chi connectivity index (χ1) is 9.02. The van der Waals surface area contributed by atoms with Gasteiger partial charge in [-0.05, 0) is 31.0 Å². The summed E-state index contributed by atoms with van der Waals surface area (Å²) in [4.78, 5) is 24.6. The predicted octanol–water partition coefficient (Wildman–Crippen LogP) is 0.960. The highest BCUT2D eigenvalue weighted by atomic mass is 16.3. The number of imide groups is 1. The Hall–Kier alpha value is -2.14. The highest BCUT2D eigenvalue weighted by molar-refractivity contribution is 6.17. The molecule has 5 nitrogen and oxygen atoms in total. The first kappa shape index (κ1) is 13.3. The van der Waals surface area contributed by atoms with Crippen LogP contribution in [0.3, 0.4) is 0 Å². The van der Waals surface area contributed by atoms with Gasteiger partial charge in [-0.2, -0.15) is 0 Å². The Morgan fingerprint density at radius 3 is 2.68 bits per heavy atom. The second-order valence-corrected chi connectivity index (χ2v) is 4.52. The summed E-state index contributed by atoms with van der Waals surface area (Å²) < 4.78 is 0. The van der Waals surface area contributed by atoms with Gasteiger partial charge < -0.3 is 10.4 Å². The van der Waals surface area contributed by atoms with Gasteiger partial charge in [0.1, 0.15) is 5.70 Å². The molecule has 19 heavy (non-hydrogen) atoms. The molecule has 1 aliphatic rings. The normalized spacial score (nSPS) is 14.9. The highest BCUT2D eigenvalue weighted by Gasteiger charge is 2.30. The molecule has 0 atom stereocenters. The van der Waals surface area contributed by atoms with E-state index in [1.165, 1.54) is 6.08 Å². The summed E-state index contributed by atoms with van der Waals surface area (Å²) in [5.41, 5.74) is 3.11. The fourth-order valence-electron chi connectivity index (χ4n) is 1.93. The fourth-order valence-corrected chi connectivity index (χ4v) is 1.93. The molecular weight excluding hydrogens is 244 g/mol. The van der Waals surface area contributed by atoms with E-state index in [1.807, 2.05) is 32.0 Å². The lowest BCUT2D eigenvalue weighted by atomic mass is 10.1. The molecule has 2 N–H and O–H groups in total. The lowest BCUT2D eigenvalue weighted by Gasteiger charge is -2.14. The van der Waals surface area contributed by atoms with Crippen LogP contribution in [0.1, 0.15) is 11.1 Å². The van der Waals surface area contributed by atoms with E-state index in [9.17, 15) is 9.59 Å². The Labute approximate surface area is 111 Å². The van der Waals surface area contributed by atoms with Crippen LogP contribution in [0.15, 0.2) is 30.0 Å². The van der Waals surface area contributed by atoms with E-state index in [2.05, 4.69) is 5.32 Å². The number of carbonyl (C=O) groups is 2. The van der Waals surface area contributed by atoms with Gasteiger partial charge >= 0.3 is 0 Å². The smallest absolute Gasteiger partial charge is 0.277 e. The number of β-amino-alcohol motifs (C(OH)–C–C–N with tert-alkyl or cyclic N) is 1. The van der Waals surface area contributed by atoms with E-state index in [-0.39, 0.29) is 18.8 Å². The maximum absolute atomic E-state index is 12.0. The molecule has 2 rings (SSSR count). The maximum Gasteiger partial charge on any atom is 0.277 e. The summed E-state index contributed by atoms with van der Waals surface area (Å²) in [6, 6.07) is 5.85. The summed E-state index contributed by atoms with van der Waals surface area (Å²) >= 11 is 0. The van der Waals surface area contributed by atoms with E-state index in [4.69, 9.17) is 5.11 Å². The zero-order valence-corrected chi connectivity index (χ0v) is 10.9. The van der Waals surface area contributed by atoms with Crippen LogP contribution in [0.2, 0.25) is 0 Å². The van der Waals surface area contributed by atoms with Crippen molar-refractivity contribution in [1.82, 2.24) is 4.90 Å². The van der Waals surface area contributed by atoms with Crippen LogP contribution in [-0.4, -0.2) is 35.0 Å². The zero-order valence-electron chi connectivity index (χ0n) is 10.9. The molecule has 0 spiro atoms. The average Bonchev–Trinajstić information content (AvgIpc) is 2.62. The standard InChI is InChI=1S/C14H16N2O3/c1-9-3-4-10(2)11(7-9)15-12-8-13(18)16(5-6-17)14(12)19/h3-4,7-8,15,17H,5-6H2,1-2H3. The van der Waals surface area contributed by atoms with Crippen molar-refractivity contribution in [2.75, 3.05) is 18.5 Å². The third-order valence-corrected chi connectivity index (χ3v) is 3.00. The van der Waals surface area contributed by atoms with E-state index in [0.29, 0.717) is 0 Å². The number of anilines is 1. The summed E-state index contributed by atoms with van der Waals surface area (Å²) in [5.74, 6) is -0.799. The topological polar surface area (TPSA) is 69.6 Å². The number of hydrogen-bond donors (Lipinski definition) is 2. The minimum Gasteiger partial charge on any atom is -0.395 e. The van der Waals surface area contributed by atoms with Crippen LogP contribution in [0, 0.1) is 13.8 Å². The van der Waals surface area contributed by atoms with Gasteiger partial charge in [-0.15, -0.1) is 0 Å². The molecule has 1 aliphatic heterocycles. The first-order valence-corrected chi connectivity index (χ1v) is 6.05. The summed E-state index contributed by atoms with van der Waals surface area (Å²) in [7, 11) is 0. The number of aryl methyl sites for hydroxylation is 2. The molecular formula is C14H16N2O3. The second kappa shape index (κ2) is 5.24. The highest BCUT2D eigenvalue weighted by Crippen LogP contribution is 2.21. The predicted molar refractivity (Wildman–Crippen MR) is 71.4 cm³/mol. The molecule has 1 aromatic carbocycles. The number of aliphatic hydroxyl groups excluding tert-OH is 1. The minimum atomic E-state index is -0.403.